The number of benzene rings is 3. The first kappa shape index (κ1) is 24.3. The summed E-state index contributed by atoms with van der Waals surface area (Å²) in [5, 5.41) is 12.9. The van der Waals surface area contributed by atoms with Crippen molar-refractivity contribution in [3.05, 3.63) is 82.9 Å². The third kappa shape index (κ3) is 5.46. The van der Waals surface area contributed by atoms with Gasteiger partial charge in [0.15, 0.2) is 0 Å². The molecule has 0 saturated heterocycles. The number of aromatic hydroxyl groups is 1. The highest BCUT2D eigenvalue weighted by Crippen LogP contribution is 2.37. The van der Waals surface area contributed by atoms with Crippen molar-refractivity contribution in [2.75, 3.05) is 11.4 Å². The van der Waals surface area contributed by atoms with E-state index in [2.05, 4.69) is 5.32 Å². The normalized spacial score (nSPS) is 15.8. The van der Waals surface area contributed by atoms with Crippen molar-refractivity contribution in [3.8, 4) is 17.2 Å². The number of hydrogen-bond acceptors (Lipinski definition) is 5. The van der Waals surface area contributed by atoms with Crippen LogP contribution in [0.5, 0.6) is 17.2 Å². The van der Waals surface area contributed by atoms with Crippen LogP contribution >= 0.6 is 0 Å². The molecule has 0 fully saturated rings. The third-order valence-electron chi connectivity index (χ3n) is 6.42. The zero-order chi connectivity index (χ0) is 25.1. The van der Waals surface area contributed by atoms with Crippen LogP contribution in [0.3, 0.4) is 0 Å². The van der Waals surface area contributed by atoms with Crippen molar-refractivity contribution in [1.82, 2.24) is 5.32 Å². The molecule has 0 radical (unpaired) electrons. The Hall–Kier alpha value is -3.84. The van der Waals surface area contributed by atoms with Crippen LogP contribution in [-0.2, 0) is 16.0 Å². The Labute approximate surface area is 205 Å². The molecule has 0 spiro atoms. The quantitative estimate of drug-likeness (QED) is 0.496. The second-order valence-electron chi connectivity index (χ2n) is 9.02. The summed E-state index contributed by atoms with van der Waals surface area (Å²) in [6.07, 6.45) is 0.928. The number of rotatable bonds is 6. The molecule has 1 aliphatic heterocycles. The molecule has 0 aromatic heterocycles. The number of para-hydroxylation sites is 1. The molecule has 4 rings (SSSR count). The summed E-state index contributed by atoms with van der Waals surface area (Å²) in [7, 11) is 0. The van der Waals surface area contributed by atoms with Gasteiger partial charge in [0.25, 0.3) is 0 Å². The van der Waals surface area contributed by atoms with Crippen LogP contribution in [0.1, 0.15) is 41.6 Å². The van der Waals surface area contributed by atoms with Crippen molar-refractivity contribution in [1.29, 1.82) is 0 Å². The number of aryl methyl sites for hydroxylation is 2. The maximum atomic E-state index is 13.1. The number of carbonyl (C=O) groups excluding carboxylic acids is 2. The summed E-state index contributed by atoms with van der Waals surface area (Å²) in [4.78, 5) is 27.1. The molecule has 3 aromatic carbocycles. The Morgan fingerprint density at radius 2 is 1.77 bits per heavy atom. The molecule has 0 aliphatic carbocycles. The monoisotopic (exact) mass is 473 g/mol. The van der Waals surface area contributed by atoms with Gasteiger partial charge in [0.1, 0.15) is 17.2 Å². The maximum absolute atomic E-state index is 13.1. The Kier molecular flexibility index (Phi) is 7.07. The molecular formula is C28H31N3O4. The van der Waals surface area contributed by atoms with Crippen LogP contribution in [0.4, 0.5) is 5.69 Å². The van der Waals surface area contributed by atoms with Crippen LogP contribution in [0.15, 0.2) is 60.7 Å². The van der Waals surface area contributed by atoms with E-state index in [1.807, 2.05) is 62.4 Å². The van der Waals surface area contributed by atoms with Gasteiger partial charge in [-0.2, -0.15) is 0 Å². The Balaban J connectivity index is 1.56. The molecule has 1 heterocycles. The minimum atomic E-state index is -0.755. The van der Waals surface area contributed by atoms with E-state index >= 15 is 0 Å². The van der Waals surface area contributed by atoms with E-state index in [-0.39, 0.29) is 23.6 Å². The first-order valence-electron chi connectivity index (χ1n) is 11.7. The number of phenols is 1. The minimum absolute atomic E-state index is 0.0530. The van der Waals surface area contributed by atoms with E-state index in [0.717, 1.165) is 27.9 Å². The molecule has 3 aromatic rings. The molecule has 7 nitrogen and oxygen atoms in total. The Bertz CT molecular complexity index is 1220. The molecule has 2 amide bonds. The van der Waals surface area contributed by atoms with E-state index in [1.165, 1.54) is 6.92 Å². The topological polar surface area (TPSA) is 105 Å². The molecule has 1 aliphatic rings. The van der Waals surface area contributed by atoms with Crippen molar-refractivity contribution in [2.45, 2.75) is 45.7 Å². The van der Waals surface area contributed by atoms with Crippen LogP contribution in [-0.4, -0.2) is 29.5 Å². The molecule has 2 atom stereocenters. The van der Waals surface area contributed by atoms with Gasteiger partial charge in [-0.3, -0.25) is 9.59 Å². The van der Waals surface area contributed by atoms with Crippen molar-refractivity contribution < 1.29 is 19.4 Å². The summed E-state index contributed by atoms with van der Waals surface area (Å²) >= 11 is 0. The van der Waals surface area contributed by atoms with Gasteiger partial charge in [-0.05, 0) is 85.8 Å². The first-order valence-corrected chi connectivity index (χ1v) is 11.7. The van der Waals surface area contributed by atoms with Crippen molar-refractivity contribution in [2.24, 2.45) is 5.73 Å². The van der Waals surface area contributed by atoms with E-state index in [0.29, 0.717) is 30.9 Å². The zero-order valence-corrected chi connectivity index (χ0v) is 20.2. The highest BCUT2D eigenvalue weighted by molar-refractivity contribution is 5.93. The lowest BCUT2D eigenvalue weighted by atomic mass is 9.94. The number of nitrogens with two attached hydrogens (primary N) is 1. The smallest absolute Gasteiger partial charge is 0.237 e. The summed E-state index contributed by atoms with van der Waals surface area (Å²) in [6.45, 7) is 5.83. The summed E-state index contributed by atoms with van der Waals surface area (Å²) in [5.41, 5.74) is 10.6. The summed E-state index contributed by atoms with van der Waals surface area (Å²) in [5.74, 6) is 1.21. The van der Waals surface area contributed by atoms with Crippen LogP contribution in [0, 0.1) is 13.8 Å². The van der Waals surface area contributed by atoms with Crippen LogP contribution in [0.2, 0.25) is 0 Å². The molecule has 0 saturated carbocycles. The van der Waals surface area contributed by atoms with Crippen molar-refractivity contribution >= 4 is 17.5 Å². The number of amides is 2. The molecule has 2 unspecified atom stereocenters. The van der Waals surface area contributed by atoms with Gasteiger partial charge in [0.05, 0.1) is 12.1 Å². The Morgan fingerprint density at radius 3 is 2.43 bits per heavy atom. The fourth-order valence-corrected chi connectivity index (χ4v) is 4.64. The second kappa shape index (κ2) is 10.2. The average Bonchev–Trinajstić information content (AvgIpc) is 2.82. The number of ether oxygens (including phenoxy) is 1. The number of phenolic OH excluding ortho intramolecular Hbond substituents is 1. The van der Waals surface area contributed by atoms with Gasteiger partial charge >= 0.3 is 0 Å². The van der Waals surface area contributed by atoms with E-state index in [1.54, 1.807) is 17.0 Å². The SMILES string of the molecule is CC(=O)N1CCC(NC(=O)C(N)Cc2c(C)cc(O)cc2C)c2cc(Oc3ccccc3)ccc21. The fourth-order valence-electron chi connectivity index (χ4n) is 4.64. The number of hydrogen-bond donors (Lipinski definition) is 3. The number of anilines is 1. The average molecular weight is 474 g/mol. The van der Waals surface area contributed by atoms with Gasteiger partial charge in [0, 0.05) is 24.7 Å². The van der Waals surface area contributed by atoms with Gasteiger partial charge in [-0.15, -0.1) is 0 Å². The molecule has 0 bridgehead atoms. The third-order valence-corrected chi connectivity index (χ3v) is 6.42. The van der Waals surface area contributed by atoms with Gasteiger partial charge in [0.2, 0.25) is 11.8 Å². The Morgan fingerprint density at radius 1 is 1.09 bits per heavy atom. The van der Waals surface area contributed by atoms with Crippen molar-refractivity contribution in [3.63, 3.8) is 0 Å². The zero-order valence-electron chi connectivity index (χ0n) is 20.2. The lowest BCUT2D eigenvalue weighted by Gasteiger charge is -2.35. The summed E-state index contributed by atoms with van der Waals surface area (Å²) in [6, 6.07) is 17.3. The van der Waals surface area contributed by atoms with E-state index in [4.69, 9.17) is 10.5 Å². The number of nitrogens with zero attached hydrogens (tertiary/aromatic N) is 1. The van der Waals surface area contributed by atoms with Crippen LogP contribution < -0.4 is 20.7 Å². The molecular weight excluding hydrogens is 442 g/mol. The predicted molar refractivity (Wildman–Crippen MR) is 136 cm³/mol. The van der Waals surface area contributed by atoms with Gasteiger partial charge in [-0.1, -0.05) is 18.2 Å². The lowest BCUT2D eigenvalue weighted by Crippen LogP contribution is -2.46. The minimum Gasteiger partial charge on any atom is -0.508 e. The maximum Gasteiger partial charge on any atom is 0.237 e. The van der Waals surface area contributed by atoms with Crippen LogP contribution in [0.25, 0.3) is 0 Å². The number of carbonyl (C=O) groups is 2. The highest BCUT2D eigenvalue weighted by Gasteiger charge is 2.30. The summed E-state index contributed by atoms with van der Waals surface area (Å²) < 4.78 is 5.99. The molecule has 35 heavy (non-hydrogen) atoms. The largest absolute Gasteiger partial charge is 0.508 e. The fraction of sp³-hybridized carbons (Fsp3) is 0.286. The highest BCUT2D eigenvalue weighted by atomic mass is 16.5. The van der Waals surface area contributed by atoms with E-state index < -0.39 is 6.04 Å². The lowest BCUT2D eigenvalue weighted by molar-refractivity contribution is -0.123. The molecule has 7 heteroatoms. The standard InChI is InChI=1S/C28H31N3O4/c1-17-13-20(33)14-18(2)23(17)16-25(29)28(34)30-26-11-12-31(19(3)32)27-10-9-22(15-24(26)27)35-21-7-5-4-6-8-21/h4-10,13-15,25-26,33H,11-12,16,29H2,1-3H3,(H,30,34). The second-order valence-corrected chi connectivity index (χ2v) is 9.02. The predicted octanol–water partition coefficient (Wildman–Crippen LogP) is 4.29. The van der Waals surface area contributed by atoms with Gasteiger partial charge in [-0.25, -0.2) is 0 Å². The molecule has 182 valence electrons. The number of nitrogens with one attached hydrogen (secondary N) is 1. The number of fused-ring (bicyclic) bond motifs is 1. The first-order chi connectivity index (χ1) is 16.7. The van der Waals surface area contributed by atoms with Gasteiger partial charge < -0.3 is 25.8 Å². The molecule has 4 N–H and O–H groups in total. The van der Waals surface area contributed by atoms with E-state index in [9.17, 15) is 14.7 Å².